The molecule has 0 unspecified atom stereocenters. The van der Waals surface area contributed by atoms with Crippen LogP contribution in [0.1, 0.15) is 12.0 Å². The van der Waals surface area contributed by atoms with Crippen LogP contribution in [-0.4, -0.2) is 52.2 Å². The molecule has 0 aromatic heterocycles. The predicted octanol–water partition coefficient (Wildman–Crippen LogP) is 2.15. The van der Waals surface area contributed by atoms with E-state index in [1.807, 2.05) is 0 Å². The first kappa shape index (κ1) is 18.0. The summed E-state index contributed by atoms with van der Waals surface area (Å²) in [7, 11) is 0. The van der Waals surface area contributed by atoms with Crippen molar-refractivity contribution < 1.29 is 28.5 Å². The Morgan fingerprint density at radius 2 is 1.95 bits per heavy atom. The van der Waals surface area contributed by atoms with Gasteiger partial charge in [0.2, 0.25) is 0 Å². The van der Waals surface area contributed by atoms with E-state index in [1.165, 1.54) is 23.1 Å². The van der Waals surface area contributed by atoms with E-state index < -0.39 is 25.3 Å². The van der Waals surface area contributed by atoms with E-state index >= 15 is 0 Å². The third-order valence-electron chi connectivity index (χ3n) is 2.83. The van der Waals surface area contributed by atoms with E-state index in [-0.39, 0.29) is 25.4 Å². The number of hydrogen-bond acceptors (Lipinski definition) is 4. The van der Waals surface area contributed by atoms with Crippen molar-refractivity contribution >= 4 is 11.6 Å². The first-order chi connectivity index (χ1) is 9.71. The lowest BCUT2D eigenvalue weighted by molar-refractivity contribution is -0.139. The zero-order valence-corrected chi connectivity index (χ0v) is 11.9. The lowest BCUT2D eigenvalue weighted by Crippen LogP contribution is -2.36. The highest BCUT2D eigenvalue weighted by Crippen LogP contribution is 2.25. The molecule has 1 atom stereocenters. The summed E-state index contributed by atoms with van der Waals surface area (Å²) in [6, 6.07) is 4.26. The number of benzene rings is 1. The smallest absolute Gasteiger partial charge is 0.390 e. The molecule has 0 saturated carbocycles. The molecule has 3 N–H and O–H groups in total. The van der Waals surface area contributed by atoms with Gasteiger partial charge in [0.05, 0.1) is 19.1 Å². The summed E-state index contributed by atoms with van der Waals surface area (Å²) in [6.45, 7) is -1.06. The average Bonchev–Trinajstić information content (AvgIpc) is 2.39. The molecular weight excluding hydrogens is 311 g/mol. The molecule has 0 heterocycles. The predicted molar refractivity (Wildman–Crippen MR) is 72.2 cm³/mol. The molecule has 0 amide bonds. The quantitative estimate of drug-likeness (QED) is 0.718. The van der Waals surface area contributed by atoms with Gasteiger partial charge >= 0.3 is 6.18 Å². The SMILES string of the molecule is OC[C@@H](O)CN(CCC(F)(F)F)Cc1cc(Cl)ccc1O. The minimum atomic E-state index is -4.32. The van der Waals surface area contributed by atoms with E-state index in [4.69, 9.17) is 16.7 Å². The van der Waals surface area contributed by atoms with Gasteiger partial charge in [0.25, 0.3) is 0 Å². The highest BCUT2D eigenvalue weighted by molar-refractivity contribution is 6.30. The summed E-state index contributed by atoms with van der Waals surface area (Å²) in [6.07, 6.45) is -6.52. The van der Waals surface area contributed by atoms with Gasteiger partial charge in [-0.1, -0.05) is 11.6 Å². The molecular formula is C13H17ClF3NO3. The minimum absolute atomic E-state index is 0.0144. The van der Waals surface area contributed by atoms with E-state index in [0.717, 1.165) is 0 Å². The molecule has 4 nitrogen and oxygen atoms in total. The Balaban J connectivity index is 2.77. The van der Waals surface area contributed by atoms with Crippen LogP contribution in [0.25, 0.3) is 0 Å². The molecule has 0 fully saturated rings. The first-order valence-corrected chi connectivity index (χ1v) is 6.64. The lowest BCUT2D eigenvalue weighted by atomic mass is 10.1. The van der Waals surface area contributed by atoms with Crippen molar-refractivity contribution in [3.63, 3.8) is 0 Å². The summed E-state index contributed by atoms with van der Waals surface area (Å²) in [5.74, 6) is -0.0881. The van der Waals surface area contributed by atoms with Gasteiger partial charge in [0.1, 0.15) is 5.75 Å². The minimum Gasteiger partial charge on any atom is -0.508 e. The van der Waals surface area contributed by atoms with Gasteiger partial charge in [-0.05, 0) is 18.2 Å². The summed E-state index contributed by atoms with van der Waals surface area (Å²) < 4.78 is 36.9. The maximum Gasteiger partial charge on any atom is 0.390 e. The molecule has 0 spiro atoms. The van der Waals surface area contributed by atoms with Gasteiger partial charge in [0.15, 0.2) is 0 Å². The standard InChI is InChI=1S/C13H17ClF3NO3/c14-10-1-2-12(21)9(5-10)6-18(7-11(20)8-19)4-3-13(15,16)17/h1-2,5,11,19-21H,3-4,6-8H2/t11-/m0/s1. The molecule has 120 valence electrons. The fraction of sp³-hybridized carbons (Fsp3) is 0.538. The summed E-state index contributed by atoms with van der Waals surface area (Å²) in [5.41, 5.74) is 0.356. The number of aliphatic hydroxyl groups is 2. The van der Waals surface area contributed by atoms with Crippen LogP contribution < -0.4 is 0 Å². The monoisotopic (exact) mass is 327 g/mol. The molecule has 0 saturated heterocycles. The molecule has 0 aliphatic rings. The highest BCUT2D eigenvalue weighted by atomic mass is 35.5. The van der Waals surface area contributed by atoms with E-state index in [9.17, 15) is 23.4 Å². The lowest BCUT2D eigenvalue weighted by Gasteiger charge is -2.25. The number of alkyl halides is 3. The zero-order chi connectivity index (χ0) is 16.0. The Bertz CT molecular complexity index is 457. The number of aliphatic hydroxyl groups excluding tert-OH is 2. The Hall–Kier alpha value is -1.02. The van der Waals surface area contributed by atoms with Gasteiger partial charge in [-0.3, -0.25) is 4.90 Å². The van der Waals surface area contributed by atoms with Crippen molar-refractivity contribution in [3.05, 3.63) is 28.8 Å². The zero-order valence-electron chi connectivity index (χ0n) is 11.1. The third kappa shape index (κ3) is 6.99. The Labute approximate surface area is 125 Å². The van der Waals surface area contributed by atoms with Crippen LogP contribution in [0, 0.1) is 0 Å². The summed E-state index contributed by atoms with van der Waals surface area (Å²) in [4.78, 5) is 1.31. The van der Waals surface area contributed by atoms with Gasteiger partial charge in [-0.15, -0.1) is 0 Å². The number of halogens is 4. The summed E-state index contributed by atoms with van der Waals surface area (Å²) in [5, 5.41) is 28.2. The van der Waals surface area contributed by atoms with Crippen LogP contribution in [0.5, 0.6) is 5.75 Å². The number of hydrogen-bond donors (Lipinski definition) is 3. The normalized spacial score (nSPS) is 13.7. The van der Waals surface area contributed by atoms with Gasteiger partial charge in [0, 0.05) is 30.2 Å². The van der Waals surface area contributed by atoms with Crippen LogP contribution >= 0.6 is 11.6 Å². The number of rotatable bonds is 7. The van der Waals surface area contributed by atoms with Crippen LogP contribution in [0.2, 0.25) is 5.02 Å². The van der Waals surface area contributed by atoms with Crippen molar-refractivity contribution in [2.45, 2.75) is 25.2 Å². The molecule has 0 radical (unpaired) electrons. The fourth-order valence-corrected chi connectivity index (χ4v) is 1.99. The van der Waals surface area contributed by atoms with Gasteiger partial charge in [-0.2, -0.15) is 13.2 Å². The maximum absolute atomic E-state index is 12.3. The number of phenols is 1. The Morgan fingerprint density at radius 3 is 2.52 bits per heavy atom. The van der Waals surface area contributed by atoms with Crippen molar-refractivity contribution in [3.8, 4) is 5.75 Å². The first-order valence-electron chi connectivity index (χ1n) is 6.26. The fourth-order valence-electron chi connectivity index (χ4n) is 1.80. The molecule has 0 bridgehead atoms. The van der Waals surface area contributed by atoms with Crippen molar-refractivity contribution in [1.29, 1.82) is 0 Å². The second kappa shape index (κ2) is 7.84. The van der Waals surface area contributed by atoms with E-state index in [1.54, 1.807) is 0 Å². The highest BCUT2D eigenvalue weighted by Gasteiger charge is 2.28. The molecule has 0 aliphatic carbocycles. The molecule has 1 rings (SSSR count). The third-order valence-corrected chi connectivity index (χ3v) is 3.06. The average molecular weight is 328 g/mol. The van der Waals surface area contributed by atoms with Crippen LogP contribution in [0.4, 0.5) is 13.2 Å². The second-order valence-corrected chi connectivity index (χ2v) is 5.15. The van der Waals surface area contributed by atoms with E-state index in [0.29, 0.717) is 10.6 Å². The van der Waals surface area contributed by atoms with Gasteiger partial charge < -0.3 is 15.3 Å². The van der Waals surface area contributed by atoms with Crippen LogP contribution in [0.3, 0.4) is 0 Å². The topological polar surface area (TPSA) is 63.9 Å². The van der Waals surface area contributed by atoms with E-state index in [2.05, 4.69) is 0 Å². The molecule has 21 heavy (non-hydrogen) atoms. The summed E-state index contributed by atoms with van der Waals surface area (Å²) >= 11 is 5.78. The molecule has 0 aliphatic heterocycles. The number of aromatic hydroxyl groups is 1. The largest absolute Gasteiger partial charge is 0.508 e. The molecule has 1 aromatic rings. The molecule has 8 heteroatoms. The van der Waals surface area contributed by atoms with Crippen molar-refractivity contribution in [2.75, 3.05) is 19.7 Å². The number of nitrogens with zero attached hydrogens (tertiary/aromatic N) is 1. The van der Waals surface area contributed by atoms with Crippen molar-refractivity contribution in [1.82, 2.24) is 4.90 Å². The van der Waals surface area contributed by atoms with Crippen molar-refractivity contribution in [2.24, 2.45) is 0 Å². The molecule has 1 aromatic carbocycles. The number of phenolic OH excluding ortho intramolecular Hbond substituents is 1. The second-order valence-electron chi connectivity index (χ2n) is 4.71. The van der Waals surface area contributed by atoms with Crippen LogP contribution in [-0.2, 0) is 6.54 Å². The maximum atomic E-state index is 12.3. The Kier molecular flexibility index (Phi) is 6.73. The Morgan fingerprint density at radius 1 is 1.29 bits per heavy atom. The van der Waals surface area contributed by atoms with Crippen LogP contribution in [0.15, 0.2) is 18.2 Å². The van der Waals surface area contributed by atoms with Gasteiger partial charge in [-0.25, -0.2) is 0 Å².